The van der Waals surface area contributed by atoms with Gasteiger partial charge in [0.15, 0.2) is 0 Å². The lowest BCUT2D eigenvalue weighted by Gasteiger charge is -2.09. The Kier molecular flexibility index (Phi) is 4.10. The molecule has 0 heterocycles. The average Bonchev–Trinajstić information content (AvgIpc) is 2.40. The van der Waals surface area contributed by atoms with Gasteiger partial charge in [-0.2, -0.15) is 0 Å². The Bertz CT molecular complexity index is 567. The minimum atomic E-state index is -2.49. The van der Waals surface area contributed by atoms with E-state index in [0.29, 0.717) is 17.8 Å². The Balaban J connectivity index is 2.10. The third kappa shape index (κ3) is 3.50. The molecule has 0 radical (unpaired) electrons. The average molecular weight is 265 g/mol. The maximum Gasteiger partial charge on any atom is 0.263 e. The van der Waals surface area contributed by atoms with Crippen molar-refractivity contribution >= 4 is 5.69 Å². The van der Waals surface area contributed by atoms with Crippen LogP contribution >= 0.6 is 0 Å². The van der Waals surface area contributed by atoms with Crippen LogP contribution in [0.3, 0.4) is 0 Å². The Hall–Kier alpha value is -1.97. The van der Waals surface area contributed by atoms with E-state index in [9.17, 15) is 13.2 Å². The molecule has 0 spiro atoms. The highest BCUT2D eigenvalue weighted by Gasteiger charge is 2.07. The smallest absolute Gasteiger partial charge is 0.263 e. The molecule has 1 nitrogen and oxygen atoms in total. The topological polar surface area (TPSA) is 12.0 Å². The highest BCUT2D eigenvalue weighted by Crippen LogP contribution is 2.21. The van der Waals surface area contributed by atoms with E-state index < -0.39 is 6.43 Å². The molecule has 100 valence electrons. The normalized spacial score (nSPS) is 10.8. The Morgan fingerprint density at radius 1 is 1.11 bits per heavy atom. The molecule has 2 rings (SSSR count). The molecule has 0 bridgehead atoms. The molecule has 19 heavy (non-hydrogen) atoms. The summed E-state index contributed by atoms with van der Waals surface area (Å²) >= 11 is 0. The molecule has 0 atom stereocenters. The SMILES string of the molecule is Cc1ccc(F)c(NCc2cccc(C(F)F)c2)c1. The molecular formula is C15H14F3N. The van der Waals surface area contributed by atoms with Crippen molar-refractivity contribution in [3.8, 4) is 0 Å². The fourth-order valence-corrected chi connectivity index (χ4v) is 1.81. The third-order valence-electron chi connectivity index (χ3n) is 2.81. The second kappa shape index (κ2) is 5.78. The highest BCUT2D eigenvalue weighted by atomic mass is 19.3. The summed E-state index contributed by atoms with van der Waals surface area (Å²) in [6, 6.07) is 10.8. The first kappa shape index (κ1) is 13.5. The van der Waals surface area contributed by atoms with Crippen molar-refractivity contribution < 1.29 is 13.2 Å². The fraction of sp³-hybridized carbons (Fsp3) is 0.200. The number of anilines is 1. The molecule has 2 aromatic carbocycles. The third-order valence-corrected chi connectivity index (χ3v) is 2.81. The summed E-state index contributed by atoms with van der Waals surface area (Å²) in [6.07, 6.45) is -2.49. The van der Waals surface area contributed by atoms with E-state index in [1.54, 1.807) is 24.3 Å². The van der Waals surface area contributed by atoms with Gasteiger partial charge in [-0.05, 0) is 36.2 Å². The Morgan fingerprint density at radius 3 is 2.63 bits per heavy atom. The molecule has 0 aliphatic rings. The molecule has 0 fully saturated rings. The molecule has 0 aliphatic carbocycles. The van der Waals surface area contributed by atoms with Gasteiger partial charge >= 0.3 is 0 Å². The van der Waals surface area contributed by atoms with E-state index in [2.05, 4.69) is 5.32 Å². The van der Waals surface area contributed by atoms with Crippen LogP contribution in [-0.2, 0) is 6.54 Å². The van der Waals surface area contributed by atoms with Crippen LogP contribution < -0.4 is 5.32 Å². The second-order valence-electron chi connectivity index (χ2n) is 4.38. The molecule has 0 amide bonds. The van der Waals surface area contributed by atoms with Crippen LogP contribution in [0, 0.1) is 12.7 Å². The summed E-state index contributed by atoms with van der Waals surface area (Å²) in [4.78, 5) is 0. The summed E-state index contributed by atoms with van der Waals surface area (Å²) in [5.41, 5.74) is 1.98. The lowest BCUT2D eigenvalue weighted by atomic mass is 10.1. The van der Waals surface area contributed by atoms with Gasteiger partial charge in [-0.15, -0.1) is 0 Å². The molecule has 0 aliphatic heterocycles. The van der Waals surface area contributed by atoms with E-state index in [0.717, 1.165) is 5.56 Å². The van der Waals surface area contributed by atoms with E-state index in [1.807, 2.05) is 6.92 Å². The first-order valence-electron chi connectivity index (χ1n) is 5.93. The summed E-state index contributed by atoms with van der Waals surface area (Å²) in [7, 11) is 0. The minimum absolute atomic E-state index is 0.0241. The second-order valence-corrected chi connectivity index (χ2v) is 4.38. The van der Waals surface area contributed by atoms with E-state index in [4.69, 9.17) is 0 Å². The Labute approximate surface area is 110 Å². The van der Waals surface area contributed by atoms with Crippen LogP contribution in [0.5, 0.6) is 0 Å². The first-order valence-corrected chi connectivity index (χ1v) is 5.93. The molecule has 0 aromatic heterocycles. The number of halogens is 3. The summed E-state index contributed by atoms with van der Waals surface area (Å²) < 4.78 is 38.6. The van der Waals surface area contributed by atoms with Gasteiger partial charge in [0.1, 0.15) is 5.82 Å². The van der Waals surface area contributed by atoms with Crippen molar-refractivity contribution in [3.63, 3.8) is 0 Å². The first-order chi connectivity index (χ1) is 9.06. The number of hydrogen-bond donors (Lipinski definition) is 1. The van der Waals surface area contributed by atoms with Gasteiger partial charge in [0.2, 0.25) is 0 Å². The van der Waals surface area contributed by atoms with Gasteiger partial charge in [0.25, 0.3) is 6.43 Å². The minimum Gasteiger partial charge on any atom is -0.379 e. The summed E-state index contributed by atoms with van der Waals surface area (Å²) in [5, 5.41) is 2.92. The van der Waals surface area contributed by atoms with Gasteiger partial charge in [0.05, 0.1) is 5.69 Å². The number of rotatable bonds is 4. The van der Waals surface area contributed by atoms with Gasteiger partial charge < -0.3 is 5.32 Å². The largest absolute Gasteiger partial charge is 0.379 e. The van der Waals surface area contributed by atoms with Crippen LogP contribution in [-0.4, -0.2) is 0 Å². The molecule has 1 N–H and O–H groups in total. The monoisotopic (exact) mass is 265 g/mol. The zero-order valence-electron chi connectivity index (χ0n) is 10.5. The molecule has 4 heteroatoms. The van der Waals surface area contributed by atoms with E-state index >= 15 is 0 Å². The number of aryl methyl sites for hydroxylation is 1. The number of nitrogens with one attached hydrogen (secondary N) is 1. The van der Waals surface area contributed by atoms with Crippen LogP contribution in [0.4, 0.5) is 18.9 Å². The van der Waals surface area contributed by atoms with Crippen molar-refractivity contribution in [1.82, 2.24) is 0 Å². The van der Waals surface area contributed by atoms with Crippen molar-refractivity contribution in [2.75, 3.05) is 5.32 Å². The van der Waals surface area contributed by atoms with Gasteiger partial charge in [-0.1, -0.05) is 24.3 Å². The van der Waals surface area contributed by atoms with Gasteiger partial charge in [0, 0.05) is 12.1 Å². The zero-order chi connectivity index (χ0) is 13.8. The lowest BCUT2D eigenvalue weighted by molar-refractivity contribution is 0.151. The highest BCUT2D eigenvalue weighted by molar-refractivity contribution is 5.47. The maximum absolute atomic E-state index is 13.5. The van der Waals surface area contributed by atoms with Crippen LogP contribution in [0.2, 0.25) is 0 Å². The summed E-state index contributed by atoms with van der Waals surface area (Å²) in [5.74, 6) is -0.351. The van der Waals surface area contributed by atoms with Gasteiger partial charge in [-0.25, -0.2) is 13.2 Å². The Morgan fingerprint density at radius 2 is 1.89 bits per heavy atom. The standard InChI is InChI=1S/C15H14F3N/c1-10-5-6-13(16)14(7-10)19-9-11-3-2-4-12(8-11)15(17)18/h2-8,15,19H,9H2,1H3. The van der Waals surface area contributed by atoms with E-state index in [1.165, 1.54) is 18.2 Å². The van der Waals surface area contributed by atoms with Crippen molar-refractivity contribution in [1.29, 1.82) is 0 Å². The number of alkyl halides is 2. The van der Waals surface area contributed by atoms with Crippen LogP contribution in [0.25, 0.3) is 0 Å². The molecule has 0 unspecified atom stereocenters. The number of benzene rings is 2. The predicted octanol–water partition coefficient (Wildman–Crippen LogP) is 4.68. The molecule has 0 saturated heterocycles. The summed E-state index contributed by atoms with van der Waals surface area (Å²) in [6.45, 7) is 2.17. The quantitative estimate of drug-likeness (QED) is 0.846. The van der Waals surface area contributed by atoms with Crippen molar-refractivity contribution in [2.24, 2.45) is 0 Å². The molecule has 2 aromatic rings. The molecular weight excluding hydrogens is 251 g/mol. The van der Waals surface area contributed by atoms with Crippen molar-refractivity contribution in [2.45, 2.75) is 19.9 Å². The molecule has 0 saturated carbocycles. The number of hydrogen-bond acceptors (Lipinski definition) is 1. The van der Waals surface area contributed by atoms with Crippen molar-refractivity contribution in [3.05, 3.63) is 65.0 Å². The van der Waals surface area contributed by atoms with Crippen LogP contribution in [0.15, 0.2) is 42.5 Å². The maximum atomic E-state index is 13.5. The lowest BCUT2D eigenvalue weighted by Crippen LogP contribution is -2.02. The van der Waals surface area contributed by atoms with E-state index in [-0.39, 0.29) is 11.4 Å². The predicted molar refractivity (Wildman–Crippen MR) is 69.9 cm³/mol. The fourth-order valence-electron chi connectivity index (χ4n) is 1.81. The zero-order valence-corrected chi connectivity index (χ0v) is 10.5. The van der Waals surface area contributed by atoms with Gasteiger partial charge in [-0.3, -0.25) is 0 Å². The van der Waals surface area contributed by atoms with Crippen LogP contribution in [0.1, 0.15) is 23.1 Å².